The van der Waals surface area contributed by atoms with Crippen LogP contribution in [0, 0.1) is 0 Å². The number of aliphatic hydroxyl groups excluding tert-OH is 1. The predicted molar refractivity (Wildman–Crippen MR) is 222 cm³/mol. The summed E-state index contributed by atoms with van der Waals surface area (Å²) in [4.78, 5) is 35.7. The van der Waals surface area contributed by atoms with Gasteiger partial charge in [0.15, 0.2) is 11.6 Å². The fraction of sp³-hybridized carbons (Fsp3) is 0.341. The van der Waals surface area contributed by atoms with Crippen molar-refractivity contribution >= 4 is 39.3 Å². The number of phenolic OH excluding ortho intramolecular Hbond substituents is 2. The molecule has 0 saturated carbocycles. The zero-order valence-corrected chi connectivity index (χ0v) is 31.8. The summed E-state index contributed by atoms with van der Waals surface area (Å²) in [7, 11) is 0. The van der Waals surface area contributed by atoms with Gasteiger partial charge in [-0.2, -0.15) is 0 Å². The van der Waals surface area contributed by atoms with Crippen LogP contribution in [0.5, 0.6) is 11.5 Å². The summed E-state index contributed by atoms with van der Waals surface area (Å²) < 4.78 is 0. The molecule has 2 aliphatic rings. The van der Waals surface area contributed by atoms with Gasteiger partial charge in [-0.1, -0.05) is 68.3 Å². The number of carbonyl (C=O) groups is 1. The number of aromatic hydroxyl groups is 2. The van der Waals surface area contributed by atoms with Gasteiger partial charge in [-0.25, -0.2) is 19.9 Å². The van der Waals surface area contributed by atoms with Gasteiger partial charge in [0.2, 0.25) is 5.91 Å². The van der Waals surface area contributed by atoms with Crippen molar-refractivity contribution < 1.29 is 20.1 Å². The first-order valence-corrected chi connectivity index (χ1v) is 19.6. The lowest BCUT2D eigenvalue weighted by molar-refractivity contribution is -0.130. The van der Waals surface area contributed by atoms with Gasteiger partial charge in [-0.15, -0.1) is 0 Å². The Hall–Kier alpha value is -5.85. The van der Waals surface area contributed by atoms with E-state index in [1.165, 1.54) is 0 Å². The molecule has 12 nitrogen and oxygen atoms in total. The van der Waals surface area contributed by atoms with Crippen LogP contribution in [0.1, 0.15) is 51.9 Å². The molecule has 0 radical (unpaired) electrons. The van der Waals surface area contributed by atoms with Crippen molar-refractivity contribution in [3.05, 3.63) is 97.1 Å². The summed E-state index contributed by atoms with van der Waals surface area (Å²) >= 11 is 0. The molecular weight excluding hydrogens is 705 g/mol. The number of nitrogens with one attached hydrogen (secondary N) is 1. The molecule has 12 heteroatoms. The predicted octanol–water partition coefficient (Wildman–Crippen LogP) is 6.57. The van der Waals surface area contributed by atoms with Crippen LogP contribution < -0.4 is 20.9 Å². The Morgan fingerprint density at radius 1 is 0.696 bits per heavy atom. The summed E-state index contributed by atoms with van der Waals surface area (Å²) in [5, 5.41) is 35.5. The third-order valence-electron chi connectivity index (χ3n) is 10.6. The van der Waals surface area contributed by atoms with E-state index in [1.807, 2.05) is 79.7 Å². The maximum atomic E-state index is 12.3. The molecule has 6 N–H and O–H groups in total. The van der Waals surface area contributed by atoms with Crippen LogP contribution >= 0.6 is 0 Å². The molecule has 2 saturated heterocycles. The van der Waals surface area contributed by atoms with Gasteiger partial charge in [0.05, 0.1) is 22.2 Å². The zero-order chi connectivity index (χ0) is 39.0. The molecule has 0 bridgehead atoms. The van der Waals surface area contributed by atoms with E-state index in [0.717, 1.165) is 98.1 Å². The first-order valence-electron chi connectivity index (χ1n) is 19.6. The molecule has 290 valence electrons. The first kappa shape index (κ1) is 38.4. The molecule has 2 aliphatic heterocycles. The van der Waals surface area contributed by atoms with E-state index in [4.69, 9.17) is 15.7 Å². The molecule has 1 amide bonds. The highest BCUT2D eigenvalue weighted by atomic mass is 16.3. The van der Waals surface area contributed by atoms with E-state index in [1.54, 1.807) is 24.3 Å². The lowest BCUT2D eigenvalue weighted by Gasteiger charge is -2.34. The van der Waals surface area contributed by atoms with Crippen molar-refractivity contribution in [3.63, 3.8) is 0 Å². The van der Waals surface area contributed by atoms with Crippen LogP contribution in [0.3, 0.4) is 0 Å². The molecule has 4 aromatic carbocycles. The van der Waals surface area contributed by atoms with Crippen molar-refractivity contribution in [2.45, 2.75) is 70.1 Å². The van der Waals surface area contributed by atoms with Gasteiger partial charge in [0, 0.05) is 49.0 Å². The van der Waals surface area contributed by atoms with Gasteiger partial charge in [0.25, 0.3) is 0 Å². The van der Waals surface area contributed by atoms with Crippen LogP contribution in [0.25, 0.3) is 44.6 Å². The molecule has 56 heavy (non-hydrogen) atoms. The topological polar surface area (TPSA) is 174 Å². The van der Waals surface area contributed by atoms with E-state index < -0.39 is 6.10 Å². The highest BCUT2D eigenvalue weighted by molar-refractivity contribution is 5.92. The summed E-state index contributed by atoms with van der Waals surface area (Å²) in [5.41, 5.74) is 9.00. The number of hydrogen-bond acceptors (Lipinski definition) is 11. The number of aromatic nitrogens is 4. The smallest absolute Gasteiger partial charge is 0.249 e. The highest BCUT2D eigenvalue weighted by Crippen LogP contribution is 2.34. The summed E-state index contributed by atoms with van der Waals surface area (Å²) in [6, 6.07) is 30.5. The van der Waals surface area contributed by atoms with Crippen molar-refractivity contribution in [2.24, 2.45) is 5.73 Å². The Bertz CT molecular complexity index is 2270. The van der Waals surface area contributed by atoms with E-state index in [-0.39, 0.29) is 29.5 Å². The number of aliphatic hydroxyl groups is 1. The maximum absolute atomic E-state index is 12.3. The molecule has 0 aliphatic carbocycles. The van der Waals surface area contributed by atoms with Crippen LogP contribution in [-0.2, 0) is 4.79 Å². The number of benzene rings is 4. The van der Waals surface area contributed by atoms with Crippen molar-refractivity contribution in [1.29, 1.82) is 0 Å². The number of unbranched alkanes of at least 4 members (excludes halogenated alkanes) is 1. The second-order valence-electron chi connectivity index (χ2n) is 14.6. The average molecular weight is 755 g/mol. The SMILES string of the molecule is CCCCC(O)C(=O)NC1CCN(c2nc(-c3ccccc3O)nc3ccccc23)CC1.NC1CCN(c2nc(-c3ccccc3O)nc3ccccc23)CC1. The number of para-hydroxylation sites is 4. The molecule has 6 aromatic rings. The Balaban J connectivity index is 0.000000178. The van der Waals surface area contributed by atoms with Crippen molar-refractivity contribution in [1.82, 2.24) is 25.3 Å². The zero-order valence-electron chi connectivity index (χ0n) is 31.8. The average Bonchev–Trinajstić information content (AvgIpc) is 3.23. The van der Waals surface area contributed by atoms with Crippen LogP contribution in [-0.4, -0.2) is 85.5 Å². The Labute approximate surface area is 327 Å². The van der Waals surface area contributed by atoms with E-state index in [2.05, 4.69) is 25.1 Å². The van der Waals surface area contributed by atoms with Crippen LogP contribution in [0.15, 0.2) is 97.1 Å². The second kappa shape index (κ2) is 17.7. The monoisotopic (exact) mass is 754 g/mol. The molecule has 4 heterocycles. The molecule has 1 unspecified atom stereocenters. The number of hydrogen-bond donors (Lipinski definition) is 5. The number of nitrogens with two attached hydrogens (primary N) is 1. The van der Waals surface area contributed by atoms with Gasteiger partial charge in [0.1, 0.15) is 29.2 Å². The minimum atomic E-state index is -0.931. The summed E-state index contributed by atoms with van der Waals surface area (Å²) in [6.07, 6.45) is 4.84. The molecule has 2 aromatic heterocycles. The number of piperidine rings is 2. The Morgan fingerprint density at radius 3 is 1.62 bits per heavy atom. The Kier molecular flexibility index (Phi) is 12.2. The fourth-order valence-electron chi connectivity index (χ4n) is 7.34. The molecule has 2 fully saturated rings. The van der Waals surface area contributed by atoms with E-state index >= 15 is 0 Å². The van der Waals surface area contributed by atoms with Crippen molar-refractivity contribution in [2.75, 3.05) is 36.0 Å². The van der Waals surface area contributed by atoms with Gasteiger partial charge >= 0.3 is 0 Å². The summed E-state index contributed by atoms with van der Waals surface area (Å²) in [5.74, 6) is 2.87. The van der Waals surface area contributed by atoms with Crippen LogP contribution in [0.4, 0.5) is 11.6 Å². The molecule has 1 atom stereocenters. The van der Waals surface area contributed by atoms with Gasteiger partial charge in [-0.3, -0.25) is 4.79 Å². The van der Waals surface area contributed by atoms with Crippen molar-refractivity contribution in [3.8, 4) is 34.3 Å². The third-order valence-corrected chi connectivity index (χ3v) is 10.6. The van der Waals surface area contributed by atoms with Gasteiger partial charge < -0.3 is 36.2 Å². The number of phenols is 2. The minimum Gasteiger partial charge on any atom is -0.507 e. The standard InChI is InChI=1S/C25H30N4O3.C19H20N4O/c1-2-3-11-22(31)25(32)26-17-13-15-29(16-14-17)24-18-8-4-6-10-20(18)27-23(28-24)19-9-5-7-12-21(19)30;20-13-9-11-23(12-10-13)19-14-5-1-3-7-16(14)21-18(22-19)15-6-2-4-8-17(15)24/h4-10,12,17,22,30-31H,2-3,11,13-16H2,1H3,(H,26,32);1-8,13,24H,9-12,20H2. The number of rotatable bonds is 9. The van der Waals surface area contributed by atoms with E-state index in [0.29, 0.717) is 29.2 Å². The normalized spacial score (nSPS) is 15.7. The molecule has 0 spiro atoms. The fourth-order valence-corrected chi connectivity index (χ4v) is 7.34. The third kappa shape index (κ3) is 8.82. The molecule has 8 rings (SSSR count). The lowest BCUT2D eigenvalue weighted by Crippen LogP contribution is -2.47. The summed E-state index contributed by atoms with van der Waals surface area (Å²) in [6.45, 7) is 5.29. The maximum Gasteiger partial charge on any atom is 0.249 e. The second-order valence-corrected chi connectivity index (χ2v) is 14.6. The number of anilines is 2. The minimum absolute atomic E-state index is 0.0424. The lowest BCUT2D eigenvalue weighted by atomic mass is 10.0. The number of carbonyl (C=O) groups excluding carboxylic acids is 1. The number of nitrogens with zero attached hydrogens (tertiary/aromatic N) is 6. The molecular formula is C44H50N8O4. The van der Waals surface area contributed by atoms with Gasteiger partial charge in [-0.05, 0) is 80.6 Å². The van der Waals surface area contributed by atoms with Crippen LogP contribution in [0.2, 0.25) is 0 Å². The Morgan fingerprint density at radius 2 is 1.14 bits per heavy atom. The highest BCUT2D eigenvalue weighted by Gasteiger charge is 2.26. The first-order chi connectivity index (χ1) is 27.3. The number of fused-ring (bicyclic) bond motifs is 2. The number of amides is 1. The van der Waals surface area contributed by atoms with E-state index in [9.17, 15) is 20.1 Å². The largest absolute Gasteiger partial charge is 0.507 e. The quantitative estimate of drug-likeness (QED) is 0.108.